The first-order valence-corrected chi connectivity index (χ1v) is 14.2. The maximum Gasteiger partial charge on any atom is 0.416 e. The van der Waals surface area contributed by atoms with Crippen LogP contribution < -0.4 is 15.4 Å². The molecule has 2 amide bonds. The van der Waals surface area contributed by atoms with Crippen molar-refractivity contribution in [2.24, 2.45) is 5.92 Å². The number of carbonyl (C=O) groups excluding carboxylic acids is 2. The van der Waals surface area contributed by atoms with Gasteiger partial charge in [0.05, 0.1) is 17.0 Å². The van der Waals surface area contributed by atoms with Gasteiger partial charge in [0.25, 0.3) is 18.2 Å². The number of ether oxygens (including phenoxy) is 1. The van der Waals surface area contributed by atoms with Crippen molar-refractivity contribution in [3.05, 3.63) is 52.3 Å². The molecule has 0 atom stereocenters. The molecule has 3 N–H and O–H groups in total. The molecule has 0 bridgehead atoms. The first kappa shape index (κ1) is 34.8. The summed E-state index contributed by atoms with van der Waals surface area (Å²) in [6.45, 7) is 0.639. The molecule has 0 radical (unpaired) electrons. The summed E-state index contributed by atoms with van der Waals surface area (Å²) in [5, 5.41) is 4.89. The van der Waals surface area contributed by atoms with Crippen LogP contribution in [-0.2, 0) is 23.9 Å². The van der Waals surface area contributed by atoms with Crippen LogP contribution in [0.3, 0.4) is 0 Å². The van der Waals surface area contributed by atoms with E-state index in [1.165, 1.54) is 6.07 Å². The van der Waals surface area contributed by atoms with Crippen LogP contribution >= 0.6 is 0 Å². The number of hydrogen-bond donors (Lipinski definition) is 3. The number of nitrogens with zero attached hydrogens (tertiary/aromatic N) is 2. The van der Waals surface area contributed by atoms with Crippen LogP contribution in [0.4, 0.5) is 39.5 Å². The van der Waals surface area contributed by atoms with Crippen molar-refractivity contribution in [3.8, 4) is 5.88 Å². The second-order valence-electron chi connectivity index (χ2n) is 11.5. The molecule has 0 unspecified atom stereocenters. The van der Waals surface area contributed by atoms with Gasteiger partial charge in [0.15, 0.2) is 17.9 Å². The van der Waals surface area contributed by atoms with Crippen molar-refractivity contribution in [1.82, 2.24) is 25.6 Å². The molecule has 4 rings (SSSR count). The molecule has 1 aliphatic carbocycles. The van der Waals surface area contributed by atoms with Crippen LogP contribution in [0, 0.1) is 5.92 Å². The minimum atomic E-state index is -4.77. The lowest BCUT2D eigenvalue weighted by atomic mass is 9.85. The predicted octanol–water partition coefficient (Wildman–Crippen LogP) is 6.43. The Hall–Kier alpha value is -4.05. The zero-order valence-corrected chi connectivity index (χ0v) is 24.5. The average molecular weight is 668 g/mol. The molecule has 2 aromatic heterocycles. The molecule has 0 saturated heterocycles. The van der Waals surface area contributed by atoms with Crippen molar-refractivity contribution in [3.63, 3.8) is 0 Å². The van der Waals surface area contributed by atoms with Gasteiger partial charge < -0.3 is 20.4 Å². The first-order valence-electron chi connectivity index (χ1n) is 14.2. The minimum Gasteiger partial charge on any atom is -0.471 e. The zero-order valence-electron chi connectivity index (χ0n) is 24.5. The van der Waals surface area contributed by atoms with Gasteiger partial charge in [-0.25, -0.2) is 18.2 Å². The largest absolute Gasteiger partial charge is 0.471 e. The lowest BCUT2D eigenvalue weighted by molar-refractivity contribution is -0.182. The van der Waals surface area contributed by atoms with Crippen LogP contribution in [0.25, 0.3) is 11.2 Å². The number of imidazole rings is 1. The Morgan fingerprint density at radius 2 is 1.67 bits per heavy atom. The van der Waals surface area contributed by atoms with Gasteiger partial charge in [0, 0.05) is 19.0 Å². The first-order chi connectivity index (χ1) is 21.3. The van der Waals surface area contributed by atoms with Gasteiger partial charge in [-0.15, -0.1) is 0 Å². The monoisotopic (exact) mass is 667 g/mol. The standard InChI is InChI=1S/C29H30F9N5O3/c1-27(2,32)26(45)39-12-14-3-8-19(29(36,37)38)15(9-14)10-22-41-20-11-18(25(43-23(20)42-22)46-13-21(30)31)24(44)40-17-6-4-16(5-7-17)28(33,34)35/h3,8-9,11,16-17,21H,4-7,10,12-13H2,1-2H3,(H,39,45)(H,40,44)(H,41,42,43). The number of aromatic amines is 1. The Morgan fingerprint density at radius 3 is 2.26 bits per heavy atom. The Balaban J connectivity index is 1.60. The van der Waals surface area contributed by atoms with E-state index in [1.54, 1.807) is 0 Å². The van der Waals surface area contributed by atoms with E-state index in [4.69, 9.17) is 4.74 Å². The highest BCUT2D eigenvalue weighted by molar-refractivity contribution is 5.99. The summed E-state index contributed by atoms with van der Waals surface area (Å²) >= 11 is 0. The third-order valence-electron chi connectivity index (χ3n) is 7.43. The number of rotatable bonds is 10. The molecule has 0 aliphatic heterocycles. The lowest BCUT2D eigenvalue weighted by Gasteiger charge is -2.30. The number of H-pyrrole nitrogens is 1. The number of benzene rings is 1. The normalized spacial score (nSPS) is 17.7. The molecule has 1 aromatic carbocycles. The van der Waals surface area contributed by atoms with E-state index < -0.39 is 72.7 Å². The third-order valence-corrected chi connectivity index (χ3v) is 7.43. The molecule has 252 valence electrons. The van der Waals surface area contributed by atoms with Crippen molar-refractivity contribution in [2.75, 3.05) is 6.61 Å². The van der Waals surface area contributed by atoms with E-state index in [1.807, 2.05) is 0 Å². The van der Waals surface area contributed by atoms with Gasteiger partial charge in [-0.05, 0) is 62.8 Å². The summed E-state index contributed by atoms with van der Waals surface area (Å²) < 4.78 is 125. The fraction of sp³-hybridized carbons (Fsp3) is 0.517. The Kier molecular flexibility index (Phi) is 10.1. The molecule has 2 heterocycles. The van der Waals surface area contributed by atoms with Gasteiger partial charge in [0.1, 0.15) is 11.4 Å². The SMILES string of the molecule is CC(C)(F)C(=O)NCc1ccc(C(F)(F)F)c(Cc2nc3nc(OCC(F)F)c(C(=O)NC4CCC(C(F)(F)F)CC4)cc3[nH]2)c1. The average Bonchev–Trinajstić information content (AvgIpc) is 3.34. The molecule has 8 nitrogen and oxygen atoms in total. The molecular formula is C29H30F9N5O3. The number of carbonyl (C=O) groups is 2. The topological polar surface area (TPSA) is 109 Å². The van der Waals surface area contributed by atoms with Gasteiger partial charge in [-0.2, -0.15) is 31.3 Å². The van der Waals surface area contributed by atoms with Gasteiger partial charge in [-0.3, -0.25) is 9.59 Å². The second-order valence-corrected chi connectivity index (χ2v) is 11.5. The van der Waals surface area contributed by atoms with E-state index in [2.05, 4.69) is 25.6 Å². The van der Waals surface area contributed by atoms with Crippen molar-refractivity contribution in [2.45, 2.75) is 83.0 Å². The predicted molar refractivity (Wildman–Crippen MR) is 146 cm³/mol. The number of fused-ring (bicyclic) bond motifs is 1. The number of aromatic nitrogens is 3. The molecule has 0 spiro atoms. The van der Waals surface area contributed by atoms with Crippen LogP contribution in [0.1, 0.15) is 72.4 Å². The minimum absolute atomic E-state index is 0.0306. The second kappa shape index (κ2) is 13.4. The zero-order chi connectivity index (χ0) is 34.0. The fourth-order valence-corrected chi connectivity index (χ4v) is 5.06. The Morgan fingerprint density at radius 1 is 1.00 bits per heavy atom. The number of hydrogen-bond acceptors (Lipinski definition) is 5. The number of alkyl halides is 9. The highest BCUT2D eigenvalue weighted by atomic mass is 19.4. The highest BCUT2D eigenvalue weighted by Crippen LogP contribution is 2.38. The highest BCUT2D eigenvalue weighted by Gasteiger charge is 2.41. The number of pyridine rings is 1. The van der Waals surface area contributed by atoms with Crippen molar-refractivity contribution < 1.29 is 53.8 Å². The maximum absolute atomic E-state index is 13.9. The summed E-state index contributed by atoms with van der Waals surface area (Å²) in [5.41, 5.74) is -3.69. The van der Waals surface area contributed by atoms with Gasteiger partial charge in [-0.1, -0.05) is 12.1 Å². The van der Waals surface area contributed by atoms with E-state index in [0.717, 1.165) is 32.0 Å². The number of amides is 2. The summed E-state index contributed by atoms with van der Waals surface area (Å²) in [5.74, 6) is -3.91. The van der Waals surface area contributed by atoms with Gasteiger partial charge in [0.2, 0.25) is 5.88 Å². The van der Waals surface area contributed by atoms with E-state index in [-0.39, 0.29) is 65.9 Å². The Bertz CT molecular complexity index is 1560. The molecule has 1 aliphatic rings. The van der Waals surface area contributed by atoms with Crippen molar-refractivity contribution >= 4 is 23.0 Å². The summed E-state index contributed by atoms with van der Waals surface area (Å²) in [7, 11) is 0. The van der Waals surface area contributed by atoms with Crippen LogP contribution in [0.2, 0.25) is 0 Å². The molecule has 17 heteroatoms. The quantitative estimate of drug-likeness (QED) is 0.216. The summed E-state index contributed by atoms with van der Waals surface area (Å²) in [6, 6.07) is 3.63. The fourth-order valence-electron chi connectivity index (χ4n) is 5.06. The molecule has 1 fully saturated rings. The molecule has 3 aromatic rings. The number of halogens is 9. The van der Waals surface area contributed by atoms with Crippen molar-refractivity contribution in [1.29, 1.82) is 0 Å². The summed E-state index contributed by atoms with van der Waals surface area (Å²) in [6.07, 6.45) is -12.9. The van der Waals surface area contributed by atoms with E-state index >= 15 is 0 Å². The van der Waals surface area contributed by atoms with Gasteiger partial charge >= 0.3 is 12.4 Å². The third kappa shape index (κ3) is 8.81. The summed E-state index contributed by atoms with van der Waals surface area (Å²) in [4.78, 5) is 35.9. The van der Waals surface area contributed by atoms with E-state index in [9.17, 15) is 49.1 Å². The maximum atomic E-state index is 13.9. The Labute approximate surface area is 256 Å². The lowest BCUT2D eigenvalue weighted by Crippen LogP contribution is -2.40. The van der Waals surface area contributed by atoms with Crippen LogP contribution in [-0.4, -0.2) is 57.7 Å². The number of nitrogens with one attached hydrogen (secondary N) is 3. The van der Waals surface area contributed by atoms with E-state index in [0.29, 0.717) is 0 Å². The molecule has 1 saturated carbocycles. The molecule has 46 heavy (non-hydrogen) atoms. The van der Waals surface area contributed by atoms with Crippen LogP contribution in [0.5, 0.6) is 5.88 Å². The smallest absolute Gasteiger partial charge is 0.416 e. The van der Waals surface area contributed by atoms with Crippen LogP contribution in [0.15, 0.2) is 24.3 Å². The molecular weight excluding hydrogens is 637 g/mol.